The van der Waals surface area contributed by atoms with Crippen molar-refractivity contribution in [1.29, 1.82) is 0 Å². The van der Waals surface area contributed by atoms with Gasteiger partial charge in [0.25, 0.3) is 0 Å². The molecule has 0 radical (unpaired) electrons. The van der Waals surface area contributed by atoms with Crippen LogP contribution in [0.2, 0.25) is 0 Å². The van der Waals surface area contributed by atoms with Gasteiger partial charge in [0.05, 0.1) is 19.8 Å². The standard InChI is InChI=1S/C45H87O10P/c1-3-5-7-9-11-13-15-17-19-20-21-22-23-25-27-29-31-33-35-37-45(49)55-43(41-54-56(50,51)53-39-42(47)38-46)40-52-44(48)36-34-32-30-28-26-24-18-16-14-12-10-8-6-4-2/h17,19,42-43,46-47H,3-16,18,20-41H2,1-2H3,(H,50,51)/b19-17-. The van der Waals surface area contributed by atoms with E-state index in [0.29, 0.717) is 12.8 Å². The van der Waals surface area contributed by atoms with Crippen molar-refractivity contribution in [2.45, 2.75) is 238 Å². The predicted molar refractivity (Wildman–Crippen MR) is 229 cm³/mol. The fraction of sp³-hybridized carbons (Fsp3) is 0.911. The molecule has 0 rings (SSSR count). The fourth-order valence-corrected chi connectivity index (χ4v) is 7.37. The van der Waals surface area contributed by atoms with Gasteiger partial charge in [0.2, 0.25) is 0 Å². The van der Waals surface area contributed by atoms with Gasteiger partial charge in [0.15, 0.2) is 6.10 Å². The first-order valence-corrected chi connectivity index (χ1v) is 24.6. The van der Waals surface area contributed by atoms with E-state index in [2.05, 4.69) is 26.0 Å². The van der Waals surface area contributed by atoms with Crippen molar-refractivity contribution in [1.82, 2.24) is 0 Å². The summed E-state index contributed by atoms with van der Waals surface area (Å²) in [5.41, 5.74) is 0. The summed E-state index contributed by atoms with van der Waals surface area (Å²) in [7, 11) is -4.61. The maximum absolute atomic E-state index is 12.6. The van der Waals surface area contributed by atoms with Gasteiger partial charge in [-0.15, -0.1) is 0 Å². The van der Waals surface area contributed by atoms with Gasteiger partial charge in [-0.2, -0.15) is 0 Å². The quantitative estimate of drug-likeness (QED) is 0.0235. The van der Waals surface area contributed by atoms with Crippen LogP contribution in [0.15, 0.2) is 12.2 Å². The number of phosphoric acid groups is 1. The number of carbonyl (C=O) groups is 2. The number of hydrogen-bond donors (Lipinski definition) is 3. The average Bonchev–Trinajstić information content (AvgIpc) is 3.19. The number of esters is 2. The highest BCUT2D eigenvalue weighted by Crippen LogP contribution is 2.43. The van der Waals surface area contributed by atoms with Crippen LogP contribution in [0.5, 0.6) is 0 Å². The largest absolute Gasteiger partial charge is 0.472 e. The highest BCUT2D eigenvalue weighted by atomic mass is 31.2. The zero-order valence-electron chi connectivity index (χ0n) is 36.1. The number of allylic oxidation sites excluding steroid dienone is 2. The minimum Gasteiger partial charge on any atom is -0.462 e. The number of aliphatic hydroxyl groups is 2. The van der Waals surface area contributed by atoms with Crippen molar-refractivity contribution < 1.29 is 47.8 Å². The summed E-state index contributed by atoms with van der Waals surface area (Å²) in [6, 6.07) is 0. The predicted octanol–water partition coefficient (Wildman–Crippen LogP) is 12.4. The van der Waals surface area contributed by atoms with Crippen LogP contribution in [0.4, 0.5) is 0 Å². The Labute approximate surface area is 343 Å². The molecule has 3 N–H and O–H groups in total. The molecule has 0 aromatic heterocycles. The molecule has 0 aliphatic rings. The molecule has 11 heteroatoms. The molecule has 0 saturated carbocycles. The Morgan fingerprint density at radius 1 is 0.518 bits per heavy atom. The Balaban J connectivity index is 4.22. The topological polar surface area (TPSA) is 149 Å². The lowest BCUT2D eigenvalue weighted by Gasteiger charge is -2.20. The molecule has 0 aromatic rings. The first-order chi connectivity index (χ1) is 27.2. The van der Waals surface area contributed by atoms with Crippen LogP contribution in [0.25, 0.3) is 0 Å². The summed E-state index contributed by atoms with van der Waals surface area (Å²) in [4.78, 5) is 35.0. The summed E-state index contributed by atoms with van der Waals surface area (Å²) >= 11 is 0. The molecule has 3 unspecified atom stereocenters. The van der Waals surface area contributed by atoms with Crippen molar-refractivity contribution in [3.8, 4) is 0 Å². The molecular weight excluding hydrogens is 731 g/mol. The molecule has 56 heavy (non-hydrogen) atoms. The van der Waals surface area contributed by atoms with Crippen LogP contribution in [-0.4, -0.2) is 65.7 Å². The van der Waals surface area contributed by atoms with Crippen molar-refractivity contribution in [3.63, 3.8) is 0 Å². The number of phosphoric ester groups is 1. The number of aliphatic hydroxyl groups excluding tert-OH is 2. The molecule has 332 valence electrons. The number of ether oxygens (including phenoxy) is 2. The van der Waals surface area contributed by atoms with Crippen LogP contribution >= 0.6 is 7.82 Å². The van der Waals surface area contributed by atoms with Gasteiger partial charge in [-0.3, -0.25) is 18.6 Å². The number of rotatable bonds is 44. The van der Waals surface area contributed by atoms with Gasteiger partial charge in [0.1, 0.15) is 12.7 Å². The average molecular weight is 819 g/mol. The first kappa shape index (κ1) is 54.7. The molecule has 0 spiro atoms. The van der Waals surface area contributed by atoms with Crippen molar-refractivity contribution >= 4 is 19.8 Å². The maximum atomic E-state index is 12.6. The lowest BCUT2D eigenvalue weighted by atomic mass is 10.0. The number of unbranched alkanes of at least 4 members (excludes halogenated alkanes) is 28. The SMILES string of the molecule is CCCCCCCC/C=C\CCCCCCCCCCCC(=O)OC(COC(=O)CCCCCCCCCCCCCCCC)COP(=O)(O)OCC(O)CO. The third-order valence-electron chi connectivity index (χ3n) is 10.2. The van der Waals surface area contributed by atoms with Gasteiger partial charge in [0, 0.05) is 12.8 Å². The van der Waals surface area contributed by atoms with E-state index in [1.54, 1.807) is 0 Å². The molecule has 0 aliphatic carbocycles. The van der Waals surface area contributed by atoms with Crippen molar-refractivity contribution in [2.75, 3.05) is 26.4 Å². The third-order valence-corrected chi connectivity index (χ3v) is 11.1. The highest BCUT2D eigenvalue weighted by molar-refractivity contribution is 7.47. The summed E-state index contributed by atoms with van der Waals surface area (Å²) < 4.78 is 32.8. The van der Waals surface area contributed by atoms with Gasteiger partial charge < -0.3 is 24.6 Å². The molecule has 0 amide bonds. The van der Waals surface area contributed by atoms with E-state index in [1.165, 1.54) is 148 Å². The second-order valence-corrected chi connectivity index (χ2v) is 17.2. The molecule has 0 fully saturated rings. The second-order valence-electron chi connectivity index (χ2n) is 15.8. The molecular formula is C45H87O10P. The van der Waals surface area contributed by atoms with Crippen LogP contribution in [0, 0.1) is 0 Å². The van der Waals surface area contributed by atoms with Gasteiger partial charge in [-0.05, 0) is 38.5 Å². The van der Waals surface area contributed by atoms with Crippen molar-refractivity contribution in [2.24, 2.45) is 0 Å². The highest BCUT2D eigenvalue weighted by Gasteiger charge is 2.27. The Morgan fingerprint density at radius 3 is 1.29 bits per heavy atom. The second kappa shape index (κ2) is 41.9. The molecule has 10 nitrogen and oxygen atoms in total. The molecule has 3 atom stereocenters. The minimum atomic E-state index is -4.61. The molecule has 0 heterocycles. The molecule has 0 aromatic carbocycles. The Hall–Kier alpha value is -1.29. The van der Waals surface area contributed by atoms with E-state index in [0.717, 1.165) is 38.5 Å². The molecule has 0 saturated heterocycles. The van der Waals surface area contributed by atoms with Crippen LogP contribution in [0.3, 0.4) is 0 Å². The van der Waals surface area contributed by atoms with Crippen molar-refractivity contribution in [3.05, 3.63) is 12.2 Å². The van der Waals surface area contributed by atoms with E-state index in [-0.39, 0.29) is 19.4 Å². The number of hydrogen-bond acceptors (Lipinski definition) is 9. The molecule has 0 bridgehead atoms. The van der Waals surface area contributed by atoms with E-state index in [9.17, 15) is 24.2 Å². The van der Waals surface area contributed by atoms with E-state index < -0.39 is 51.8 Å². The van der Waals surface area contributed by atoms with Gasteiger partial charge in [-0.25, -0.2) is 4.57 Å². The Morgan fingerprint density at radius 2 is 0.875 bits per heavy atom. The Bertz CT molecular complexity index is 946. The molecule has 0 aliphatic heterocycles. The zero-order chi connectivity index (χ0) is 41.2. The zero-order valence-corrected chi connectivity index (χ0v) is 37.0. The van der Waals surface area contributed by atoms with Crippen LogP contribution in [0.1, 0.15) is 226 Å². The lowest BCUT2D eigenvalue weighted by Crippen LogP contribution is -2.29. The summed E-state index contributed by atoms with van der Waals surface area (Å²) in [5.74, 6) is -0.915. The van der Waals surface area contributed by atoms with Gasteiger partial charge in [-0.1, -0.05) is 187 Å². The summed E-state index contributed by atoms with van der Waals surface area (Å²) in [6.45, 7) is 2.41. The monoisotopic (exact) mass is 819 g/mol. The number of carbonyl (C=O) groups excluding carboxylic acids is 2. The minimum absolute atomic E-state index is 0.186. The first-order valence-electron chi connectivity index (χ1n) is 23.1. The Kier molecular flexibility index (Phi) is 40.9. The summed E-state index contributed by atoms with van der Waals surface area (Å²) in [5, 5.41) is 18.3. The van der Waals surface area contributed by atoms with E-state index in [1.807, 2.05) is 0 Å². The fourth-order valence-electron chi connectivity index (χ4n) is 6.58. The van der Waals surface area contributed by atoms with Crippen LogP contribution in [-0.2, 0) is 32.7 Å². The smallest absolute Gasteiger partial charge is 0.462 e. The van der Waals surface area contributed by atoms with E-state index >= 15 is 0 Å². The van der Waals surface area contributed by atoms with Gasteiger partial charge >= 0.3 is 19.8 Å². The summed E-state index contributed by atoms with van der Waals surface area (Å²) in [6.07, 6.45) is 40.3. The normalized spacial score (nSPS) is 13.9. The van der Waals surface area contributed by atoms with E-state index in [4.69, 9.17) is 23.6 Å². The third kappa shape index (κ3) is 40.9. The van der Waals surface area contributed by atoms with Crippen LogP contribution < -0.4 is 0 Å². The lowest BCUT2D eigenvalue weighted by molar-refractivity contribution is -0.161. The maximum Gasteiger partial charge on any atom is 0.472 e.